The van der Waals surface area contributed by atoms with Gasteiger partial charge in [-0.05, 0) is 50.2 Å². The lowest BCUT2D eigenvalue weighted by molar-refractivity contribution is 0.603. The number of aryl methyl sites for hydroxylation is 2. The molecule has 0 saturated heterocycles. The minimum Gasteiger partial charge on any atom is -0.277 e. The zero-order valence-electron chi connectivity index (χ0n) is 17.4. The summed E-state index contributed by atoms with van der Waals surface area (Å²) in [7, 11) is -3.68. The highest BCUT2D eigenvalue weighted by Crippen LogP contribution is 2.48. The number of benzene rings is 4. The van der Waals surface area contributed by atoms with E-state index in [9.17, 15) is 8.42 Å². The molecule has 0 fully saturated rings. The summed E-state index contributed by atoms with van der Waals surface area (Å²) in [6.07, 6.45) is 0. The Bertz CT molecular complexity index is 1510. The van der Waals surface area contributed by atoms with E-state index in [-0.39, 0.29) is 4.90 Å². The van der Waals surface area contributed by atoms with Crippen LogP contribution in [0.5, 0.6) is 0 Å². The van der Waals surface area contributed by atoms with Crippen LogP contribution in [0.15, 0.2) is 98.1 Å². The molecule has 4 aromatic rings. The van der Waals surface area contributed by atoms with Crippen molar-refractivity contribution in [2.75, 3.05) is 4.72 Å². The molecule has 0 aliphatic carbocycles. The van der Waals surface area contributed by atoms with E-state index in [1.807, 2.05) is 68.4 Å². The molecule has 4 aromatic carbocycles. The van der Waals surface area contributed by atoms with Crippen LogP contribution >= 0.6 is 0 Å². The van der Waals surface area contributed by atoms with E-state index < -0.39 is 10.0 Å². The highest BCUT2D eigenvalue weighted by Gasteiger charge is 2.30. The van der Waals surface area contributed by atoms with Gasteiger partial charge in [0, 0.05) is 10.8 Å². The second-order valence-electron chi connectivity index (χ2n) is 7.65. The van der Waals surface area contributed by atoms with Crippen molar-refractivity contribution in [1.29, 1.82) is 0 Å². The summed E-state index contributed by atoms with van der Waals surface area (Å²) >= 11 is 0. The van der Waals surface area contributed by atoms with Gasteiger partial charge in [-0.2, -0.15) is 10.2 Å². The molecule has 0 radical (unpaired) electrons. The fraction of sp³-hybridized carbons (Fsp3) is 0.0833. The minimum atomic E-state index is -3.68. The van der Waals surface area contributed by atoms with Crippen molar-refractivity contribution in [3.05, 3.63) is 83.9 Å². The lowest BCUT2D eigenvalue weighted by Gasteiger charge is -2.06. The zero-order valence-corrected chi connectivity index (χ0v) is 18.3. The number of nitrogens with zero attached hydrogens (tertiary/aromatic N) is 4. The Hall–Kier alpha value is -3.91. The lowest BCUT2D eigenvalue weighted by atomic mass is 10.1. The number of azo groups is 2. The summed E-state index contributed by atoms with van der Waals surface area (Å²) in [6, 6.07) is 22.1. The second-order valence-corrected chi connectivity index (χ2v) is 9.30. The summed E-state index contributed by atoms with van der Waals surface area (Å²) in [5.74, 6) is 0. The smallest absolute Gasteiger partial charge is 0.262 e. The number of hydrogen-bond donors (Lipinski definition) is 1. The quantitative estimate of drug-likeness (QED) is 0.334. The normalized spacial score (nSPS) is 14.4. The van der Waals surface area contributed by atoms with Gasteiger partial charge in [0.2, 0.25) is 0 Å². The molecular formula is C24H19N5O2S. The van der Waals surface area contributed by atoms with Crippen LogP contribution < -0.4 is 4.72 Å². The molecule has 0 atom stereocenters. The number of nitrogens with one attached hydrogen (secondary N) is 1. The van der Waals surface area contributed by atoms with Crippen LogP contribution in [0.25, 0.3) is 10.8 Å². The molecule has 1 N–H and O–H groups in total. The van der Waals surface area contributed by atoms with Gasteiger partial charge in [0.15, 0.2) is 0 Å². The minimum absolute atomic E-state index is 0.198. The van der Waals surface area contributed by atoms with Gasteiger partial charge in [-0.3, -0.25) is 4.72 Å². The van der Waals surface area contributed by atoms with E-state index in [4.69, 9.17) is 0 Å². The maximum absolute atomic E-state index is 12.7. The number of rotatable bonds is 4. The average Bonchev–Trinajstić information content (AvgIpc) is 3.07. The summed E-state index contributed by atoms with van der Waals surface area (Å²) in [5, 5.41) is 18.6. The number of sulfonamides is 1. The highest BCUT2D eigenvalue weighted by molar-refractivity contribution is 7.93. The Morgan fingerprint density at radius 1 is 0.688 bits per heavy atom. The molecule has 1 aliphatic heterocycles. The third kappa shape index (κ3) is 3.65. The molecule has 0 aromatic heterocycles. The molecule has 0 saturated carbocycles. The summed E-state index contributed by atoms with van der Waals surface area (Å²) in [6.45, 7) is 4.00. The Kier molecular flexibility index (Phi) is 4.79. The van der Waals surface area contributed by atoms with E-state index in [0.29, 0.717) is 39.2 Å². The Morgan fingerprint density at radius 3 is 1.84 bits per heavy atom. The fourth-order valence-corrected chi connectivity index (χ4v) is 4.86. The molecule has 1 heterocycles. The van der Waals surface area contributed by atoms with Crippen LogP contribution in [0.1, 0.15) is 11.1 Å². The van der Waals surface area contributed by atoms with Crippen molar-refractivity contribution in [1.82, 2.24) is 0 Å². The molecule has 0 spiro atoms. The zero-order chi connectivity index (χ0) is 22.3. The number of hydrogen-bond acceptors (Lipinski definition) is 6. The highest BCUT2D eigenvalue weighted by atomic mass is 32.2. The van der Waals surface area contributed by atoms with Crippen LogP contribution in [-0.4, -0.2) is 8.42 Å². The third-order valence-corrected chi connectivity index (χ3v) is 6.61. The van der Waals surface area contributed by atoms with Gasteiger partial charge >= 0.3 is 0 Å². The van der Waals surface area contributed by atoms with E-state index in [1.54, 1.807) is 18.2 Å². The van der Waals surface area contributed by atoms with Crippen molar-refractivity contribution in [2.45, 2.75) is 18.7 Å². The largest absolute Gasteiger partial charge is 0.277 e. The Morgan fingerprint density at radius 2 is 1.25 bits per heavy atom. The van der Waals surface area contributed by atoms with Gasteiger partial charge in [0.25, 0.3) is 10.0 Å². The first-order chi connectivity index (χ1) is 15.4. The molecule has 0 bridgehead atoms. The van der Waals surface area contributed by atoms with Gasteiger partial charge < -0.3 is 0 Å². The van der Waals surface area contributed by atoms with E-state index >= 15 is 0 Å². The molecule has 158 valence electrons. The first-order valence-electron chi connectivity index (χ1n) is 10.0. The monoisotopic (exact) mass is 441 g/mol. The molecule has 0 amide bonds. The van der Waals surface area contributed by atoms with Gasteiger partial charge in [-0.25, -0.2) is 8.42 Å². The van der Waals surface area contributed by atoms with Crippen LogP contribution in [-0.2, 0) is 10.0 Å². The SMILES string of the molecule is Cc1ccc(N=Nc2cc(N=Nc3ccc(C)cc3)c3cccc4c3c2NS4(=O)=O)cc1. The predicted octanol–water partition coefficient (Wildman–Crippen LogP) is 7.40. The number of anilines is 1. The van der Waals surface area contributed by atoms with Crippen molar-refractivity contribution in [2.24, 2.45) is 20.5 Å². The van der Waals surface area contributed by atoms with Crippen molar-refractivity contribution in [3.8, 4) is 0 Å². The summed E-state index contributed by atoms with van der Waals surface area (Å²) < 4.78 is 28.0. The topological polar surface area (TPSA) is 95.6 Å². The molecule has 7 nitrogen and oxygen atoms in total. The summed E-state index contributed by atoms with van der Waals surface area (Å²) in [5.41, 5.74) is 4.91. The van der Waals surface area contributed by atoms with E-state index in [0.717, 1.165) is 11.1 Å². The second kappa shape index (κ2) is 7.65. The van der Waals surface area contributed by atoms with Gasteiger partial charge in [0.1, 0.15) is 5.69 Å². The van der Waals surface area contributed by atoms with Crippen LogP contribution in [0.3, 0.4) is 0 Å². The first kappa shape index (κ1) is 20.0. The van der Waals surface area contributed by atoms with Crippen LogP contribution in [0, 0.1) is 13.8 Å². The molecular weight excluding hydrogens is 422 g/mol. The van der Waals surface area contributed by atoms with Crippen LogP contribution in [0.4, 0.5) is 28.4 Å². The Labute approximate surface area is 185 Å². The third-order valence-electron chi connectivity index (χ3n) is 5.22. The van der Waals surface area contributed by atoms with Crippen molar-refractivity contribution >= 4 is 49.2 Å². The van der Waals surface area contributed by atoms with Gasteiger partial charge in [-0.15, -0.1) is 10.2 Å². The van der Waals surface area contributed by atoms with E-state index in [1.165, 1.54) is 0 Å². The van der Waals surface area contributed by atoms with Crippen molar-refractivity contribution < 1.29 is 8.42 Å². The maximum atomic E-state index is 12.7. The molecule has 1 aliphatic rings. The fourth-order valence-electron chi connectivity index (χ4n) is 3.53. The Balaban J connectivity index is 1.66. The van der Waals surface area contributed by atoms with Gasteiger partial charge in [0.05, 0.1) is 27.6 Å². The molecule has 32 heavy (non-hydrogen) atoms. The average molecular weight is 442 g/mol. The molecule has 8 heteroatoms. The standard InChI is InChI=1S/C24H19N5O2S/c1-15-6-10-17(11-7-15)25-27-20-14-21(28-26-18-12-8-16(2)9-13-18)24-23-19(20)4-3-5-22(23)32(30,31)29-24/h3-14,29H,1-2H3. The molecule has 5 rings (SSSR count). The summed E-state index contributed by atoms with van der Waals surface area (Å²) in [4.78, 5) is 0.198. The maximum Gasteiger partial charge on any atom is 0.262 e. The molecule has 0 unspecified atom stereocenters. The lowest BCUT2D eigenvalue weighted by Crippen LogP contribution is -2.06. The van der Waals surface area contributed by atoms with E-state index in [2.05, 4.69) is 25.2 Å². The first-order valence-corrected chi connectivity index (χ1v) is 11.5. The van der Waals surface area contributed by atoms with Crippen molar-refractivity contribution in [3.63, 3.8) is 0 Å². The van der Waals surface area contributed by atoms with Gasteiger partial charge in [-0.1, -0.05) is 47.5 Å². The van der Waals surface area contributed by atoms with Crippen LogP contribution in [0.2, 0.25) is 0 Å². The predicted molar refractivity (Wildman–Crippen MR) is 125 cm³/mol.